The average molecular weight is 601 g/mol. The molecule has 2 bridgehead atoms. The Balaban J connectivity index is 1.13. The molecular formula is C32H29BrN2O5. The first kappa shape index (κ1) is 26.4. The zero-order valence-electron chi connectivity index (χ0n) is 22.0. The molecule has 204 valence electrons. The van der Waals surface area contributed by atoms with Gasteiger partial charge < -0.3 is 10.1 Å². The smallest absolute Gasteiger partial charge is 0.338 e. The molecule has 7 nitrogen and oxygen atoms in total. The molecule has 1 heterocycles. The lowest BCUT2D eigenvalue weighted by Crippen LogP contribution is -2.33. The summed E-state index contributed by atoms with van der Waals surface area (Å²) in [6, 6.07) is 22.1. The Hall–Kier alpha value is -3.78. The molecule has 3 fully saturated rings. The molecule has 0 aromatic heterocycles. The molecule has 5 atom stereocenters. The topological polar surface area (TPSA) is 92.8 Å². The summed E-state index contributed by atoms with van der Waals surface area (Å²) in [6.45, 7) is 1.53. The van der Waals surface area contributed by atoms with E-state index in [2.05, 4.69) is 33.4 Å². The van der Waals surface area contributed by atoms with Crippen LogP contribution < -0.4 is 10.2 Å². The van der Waals surface area contributed by atoms with Gasteiger partial charge in [0.1, 0.15) is 0 Å². The summed E-state index contributed by atoms with van der Waals surface area (Å²) in [5.41, 5.74) is 3.38. The van der Waals surface area contributed by atoms with Gasteiger partial charge in [-0.2, -0.15) is 0 Å². The number of benzene rings is 3. The van der Waals surface area contributed by atoms with Crippen molar-refractivity contribution in [1.29, 1.82) is 0 Å². The molecule has 1 aliphatic heterocycles. The molecular weight excluding hydrogens is 572 g/mol. The Bertz CT molecular complexity index is 1510. The van der Waals surface area contributed by atoms with Crippen LogP contribution in [-0.4, -0.2) is 30.3 Å². The van der Waals surface area contributed by atoms with Crippen molar-refractivity contribution in [2.45, 2.75) is 32.1 Å². The van der Waals surface area contributed by atoms with Crippen LogP contribution in [0.2, 0.25) is 0 Å². The summed E-state index contributed by atoms with van der Waals surface area (Å²) >= 11 is 3.42. The zero-order chi connectivity index (χ0) is 28.0. The molecule has 3 aliphatic rings. The van der Waals surface area contributed by atoms with E-state index in [9.17, 15) is 19.2 Å². The number of amides is 3. The van der Waals surface area contributed by atoms with E-state index in [0.717, 1.165) is 29.3 Å². The summed E-state index contributed by atoms with van der Waals surface area (Å²) in [7, 11) is 0. The number of carbonyl (C=O) groups is 4. The predicted octanol–water partition coefficient (Wildman–Crippen LogP) is 5.74. The van der Waals surface area contributed by atoms with Gasteiger partial charge in [-0.3, -0.25) is 19.3 Å². The second-order valence-electron chi connectivity index (χ2n) is 10.8. The molecule has 1 saturated heterocycles. The van der Waals surface area contributed by atoms with E-state index in [1.54, 1.807) is 24.3 Å². The van der Waals surface area contributed by atoms with E-state index in [1.807, 2.05) is 37.3 Å². The Labute approximate surface area is 241 Å². The number of aryl methyl sites for hydroxylation is 1. The molecule has 0 radical (unpaired) electrons. The molecule has 3 amide bonds. The van der Waals surface area contributed by atoms with Crippen LogP contribution in [0.25, 0.3) is 0 Å². The lowest BCUT2D eigenvalue weighted by molar-refractivity contribution is -0.123. The Morgan fingerprint density at radius 1 is 0.950 bits per heavy atom. The van der Waals surface area contributed by atoms with Crippen LogP contribution in [0.15, 0.2) is 77.3 Å². The third kappa shape index (κ3) is 4.64. The first-order chi connectivity index (χ1) is 19.4. The number of rotatable bonds is 7. The maximum Gasteiger partial charge on any atom is 0.338 e. The molecule has 0 unspecified atom stereocenters. The van der Waals surface area contributed by atoms with Crippen LogP contribution in [0, 0.1) is 23.7 Å². The standard InChI is InChI=1S/C32H29BrN2O5/c1-2-18-13-22(33)11-12-26(18)34-27(36)17-40-32(39)20-9-6-10-23(14-20)35-30(37)28-21-15-24(19-7-4-3-5-8-19)25(16-21)29(28)31(35)38/h3-14,21,24-25,28-29H,2,15-17H2,1H3,(H,34,36)/t21-,24+,25+,28+,29-/m0/s1. The highest BCUT2D eigenvalue weighted by Gasteiger charge is 2.64. The highest BCUT2D eigenvalue weighted by Crippen LogP contribution is 2.61. The number of anilines is 2. The normalized spacial score (nSPS) is 24.8. The summed E-state index contributed by atoms with van der Waals surface area (Å²) in [4.78, 5) is 53.7. The fourth-order valence-electron chi connectivity index (χ4n) is 6.95. The largest absolute Gasteiger partial charge is 0.452 e. The van der Waals surface area contributed by atoms with Crippen molar-refractivity contribution in [1.82, 2.24) is 0 Å². The van der Waals surface area contributed by atoms with E-state index in [-0.39, 0.29) is 47.0 Å². The quantitative estimate of drug-likeness (QED) is 0.276. The lowest BCUT2D eigenvalue weighted by atomic mass is 9.73. The van der Waals surface area contributed by atoms with Crippen molar-refractivity contribution in [3.63, 3.8) is 0 Å². The molecule has 8 heteroatoms. The Kier molecular flexibility index (Phi) is 7.04. The number of imide groups is 1. The predicted molar refractivity (Wildman–Crippen MR) is 154 cm³/mol. The number of carbonyl (C=O) groups excluding carboxylic acids is 4. The summed E-state index contributed by atoms with van der Waals surface area (Å²) < 4.78 is 6.18. The third-order valence-electron chi connectivity index (χ3n) is 8.64. The number of fused-ring (bicyclic) bond motifs is 5. The van der Waals surface area contributed by atoms with Crippen LogP contribution >= 0.6 is 15.9 Å². The SMILES string of the molecule is CCc1cc(Br)ccc1NC(=O)COC(=O)c1cccc(N2C(=O)[C@@H]3[C@@H]4C[C@@H]([C@@H]3C2=O)[C@@H](c2ccccc2)C4)c1. The lowest BCUT2D eigenvalue weighted by Gasteiger charge is -2.28. The number of hydrogen-bond donors (Lipinski definition) is 1. The molecule has 3 aromatic carbocycles. The van der Waals surface area contributed by atoms with Gasteiger partial charge in [0, 0.05) is 10.2 Å². The van der Waals surface area contributed by atoms with Gasteiger partial charge in [-0.15, -0.1) is 0 Å². The van der Waals surface area contributed by atoms with Gasteiger partial charge in [-0.1, -0.05) is 59.3 Å². The minimum atomic E-state index is -0.702. The van der Waals surface area contributed by atoms with Crippen molar-refractivity contribution in [2.75, 3.05) is 16.8 Å². The van der Waals surface area contributed by atoms with Crippen LogP contribution in [0.4, 0.5) is 11.4 Å². The van der Waals surface area contributed by atoms with Crippen molar-refractivity contribution in [3.8, 4) is 0 Å². The fraction of sp³-hybridized carbons (Fsp3) is 0.312. The van der Waals surface area contributed by atoms with Crippen LogP contribution in [0.3, 0.4) is 0 Å². The number of nitrogens with zero attached hydrogens (tertiary/aromatic N) is 1. The van der Waals surface area contributed by atoms with Crippen molar-refractivity contribution in [3.05, 3.63) is 94.0 Å². The van der Waals surface area contributed by atoms with Crippen molar-refractivity contribution in [2.24, 2.45) is 23.7 Å². The van der Waals surface area contributed by atoms with Crippen LogP contribution in [-0.2, 0) is 25.5 Å². The van der Waals surface area contributed by atoms with Gasteiger partial charge in [-0.05, 0) is 84.5 Å². The number of nitrogens with one attached hydrogen (secondary N) is 1. The second kappa shape index (κ2) is 10.7. The molecule has 3 aromatic rings. The van der Waals surface area contributed by atoms with Gasteiger partial charge in [0.15, 0.2) is 6.61 Å². The molecule has 6 rings (SSSR count). The van der Waals surface area contributed by atoms with E-state index in [4.69, 9.17) is 4.74 Å². The number of hydrogen-bond acceptors (Lipinski definition) is 5. The first-order valence-electron chi connectivity index (χ1n) is 13.6. The Morgan fingerprint density at radius 3 is 2.50 bits per heavy atom. The first-order valence-corrected chi connectivity index (χ1v) is 14.4. The monoisotopic (exact) mass is 600 g/mol. The van der Waals surface area contributed by atoms with E-state index in [1.165, 1.54) is 16.5 Å². The highest BCUT2D eigenvalue weighted by atomic mass is 79.9. The molecule has 1 N–H and O–H groups in total. The van der Waals surface area contributed by atoms with Gasteiger partial charge >= 0.3 is 5.97 Å². The van der Waals surface area contributed by atoms with Crippen molar-refractivity contribution < 1.29 is 23.9 Å². The number of ether oxygens (including phenoxy) is 1. The van der Waals surface area contributed by atoms with Gasteiger partial charge in [0.25, 0.3) is 5.91 Å². The molecule has 0 spiro atoms. The third-order valence-corrected chi connectivity index (χ3v) is 9.13. The van der Waals surface area contributed by atoms with E-state index in [0.29, 0.717) is 11.4 Å². The molecule has 2 saturated carbocycles. The fourth-order valence-corrected chi connectivity index (χ4v) is 7.36. The molecule has 40 heavy (non-hydrogen) atoms. The van der Waals surface area contributed by atoms with Crippen LogP contribution in [0.5, 0.6) is 0 Å². The maximum atomic E-state index is 13.6. The summed E-state index contributed by atoms with van der Waals surface area (Å²) in [5, 5.41) is 2.78. The molecule has 2 aliphatic carbocycles. The van der Waals surface area contributed by atoms with Gasteiger partial charge in [-0.25, -0.2) is 4.79 Å². The van der Waals surface area contributed by atoms with Gasteiger partial charge in [0.2, 0.25) is 11.8 Å². The minimum absolute atomic E-state index is 0.143. The second-order valence-corrected chi connectivity index (χ2v) is 11.7. The highest BCUT2D eigenvalue weighted by molar-refractivity contribution is 9.10. The zero-order valence-corrected chi connectivity index (χ0v) is 23.6. The van der Waals surface area contributed by atoms with Crippen LogP contribution in [0.1, 0.15) is 47.2 Å². The average Bonchev–Trinajstić information content (AvgIpc) is 3.64. The minimum Gasteiger partial charge on any atom is -0.452 e. The summed E-state index contributed by atoms with van der Waals surface area (Å²) in [6.07, 6.45) is 2.54. The Morgan fingerprint density at radius 2 is 1.73 bits per heavy atom. The number of esters is 1. The summed E-state index contributed by atoms with van der Waals surface area (Å²) in [5.74, 6) is -1.55. The van der Waals surface area contributed by atoms with E-state index < -0.39 is 18.5 Å². The van der Waals surface area contributed by atoms with Gasteiger partial charge in [0.05, 0.1) is 23.1 Å². The van der Waals surface area contributed by atoms with Crippen molar-refractivity contribution >= 4 is 51.0 Å². The maximum absolute atomic E-state index is 13.6. The van der Waals surface area contributed by atoms with E-state index >= 15 is 0 Å². The number of halogens is 1.